The lowest BCUT2D eigenvalue weighted by atomic mass is 10.1. The largest absolute Gasteiger partial charge is 0.462 e. The molecule has 0 atom stereocenters. The molecular formula is C16H15N3O3S. The predicted octanol–water partition coefficient (Wildman–Crippen LogP) is 2.72. The van der Waals surface area contributed by atoms with Gasteiger partial charge in [0, 0.05) is 11.8 Å². The second-order valence-electron chi connectivity index (χ2n) is 4.32. The highest BCUT2D eigenvalue weighted by Gasteiger charge is 2.13. The number of anilines is 1. The average molecular weight is 329 g/mol. The van der Waals surface area contributed by atoms with Crippen LogP contribution in [-0.4, -0.2) is 28.3 Å². The van der Waals surface area contributed by atoms with E-state index in [2.05, 4.69) is 9.97 Å². The van der Waals surface area contributed by atoms with Crippen molar-refractivity contribution in [2.75, 3.05) is 12.3 Å². The molecule has 2 N–H and O–H groups in total. The molecule has 23 heavy (non-hydrogen) atoms. The molecule has 0 aliphatic rings. The minimum absolute atomic E-state index is 0.0451. The summed E-state index contributed by atoms with van der Waals surface area (Å²) in [5, 5.41) is 1.92. The molecule has 0 aliphatic heterocycles. The first-order valence-corrected chi connectivity index (χ1v) is 7.72. The van der Waals surface area contributed by atoms with E-state index in [1.807, 2.05) is 6.07 Å². The van der Waals surface area contributed by atoms with E-state index in [-0.39, 0.29) is 23.8 Å². The monoisotopic (exact) mass is 329 g/mol. The number of nitrogen functional groups attached to an aromatic ring is 1. The Labute approximate surface area is 137 Å². The zero-order valence-electron chi connectivity index (χ0n) is 12.4. The third-order valence-electron chi connectivity index (χ3n) is 2.74. The number of hydrogen-bond acceptors (Lipinski definition) is 7. The number of carbonyl (C=O) groups excluding carboxylic acids is 2. The van der Waals surface area contributed by atoms with Crippen molar-refractivity contribution in [2.45, 2.75) is 12.1 Å². The zero-order valence-corrected chi connectivity index (χ0v) is 13.2. The number of benzene rings is 1. The Bertz CT molecular complexity index is 733. The Balaban J connectivity index is 2.01. The quantitative estimate of drug-likeness (QED) is 0.286. The average Bonchev–Trinajstić information content (AvgIpc) is 2.56. The molecule has 0 radical (unpaired) electrons. The van der Waals surface area contributed by atoms with Gasteiger partial charge in [-0.15, -0.1) is 0 Å². The van der Waals surface area contributed by atoms with Gasteiger partial charge in [0.2, 0.25) is 0 Å². The molecule has 0 bridgehead atoms. The molecule has 6 nitrogen and oxygen atoms in total. The number of carbonyl (C=O) groups is 2. The summed E-state index contributed by atoms with van der Waals surface area (Å²) in [5.41, 5.74) is 6.44. The maximum Gasteiger partial charge on any atom is 0.343 e. The lowest BCUT2D eigenvalue weighted by molar-refractivity contribution is 0.0526. The van der Waals surface area contributed by atoms with Crippen LogP contribution in [0.25, 0.3) is 0 Å². The summed E-state index contributed by atoms with van der Waals surface area (Å²) in [7, 11) is 0. The van der Waals surface area contributed by atoms with Crippen molar-refractivity contribution in [3.63, 3.8) is 0 Å². The fourth-order valence-electron chi connectivity index (χ4n) is 1.66. The van der Waals surface area contributed by atoms with Crippen molar-refractivity contribution in [2.24, 2.45) is 0 Å². The van der Waals surface area contributed by atoms with Crippen molar-refractivity contribution in [1.82, 2.24) is 9.97 Å². The van der Waals surface area contributed by atoms with Gasteiger partial charge in [-0.3, -0.25) is 4.79 Å². The van der Waals surface area contributed by atoms with Crippen molar-refractivity contribution >= 4 is 29.3 Å². The molecule has 0 spiro atoms. The van der Waals surface area contributed by atoms with Gasteiger partial charge in [-0.2, -0.15) is 0 Å². The Morgan fingerprint density at radius 2 is 2.04 bits per heavy atom. The third-order valence-corrected chi connectivity index (χ3v) is 3.42. The third kappa shape index (κ3) is 4.65. The number of nitrogens with two attached hydrogens (primary N) is 1. The molecule has 0 saturated heterocycles. The van der Waals surface area contributed by atoms with Crippen LogP contribution >= 0.6 is 11.8 Å². The summed E-state index contributed by atoms with van der Waals surface area (Å²) < 4.78 is 4.85. The molecule has 2 rings (SSSR count). The number of hydrogen-bond donors (Lipinski definition) is 1. The minimum atomic E-state index is -0.559. The first-order chi connectivity index (χ1) is 11.1. The molecule has 1 heterocycles. The van der Waals surface area contributed by atoms with E-state index in [1.165, 1.54) is 12.3 Å². The van der Waals surface area contributed by atoms with Crippen LogP contribution in [0.5, 0.6) is 0 Å². The van der Waals surface area contributed by atoms with E-state index < -0.39 is 5.97 Å². The lowest BCUT2D eigenvalue weighted by Crippen LogP contribution is -2.10. The van der Waals surface area contributed by atoms with Crippen LogP contribution in [0.3, 0.4) is 0 Å². The van der Waals surface area contributed by atoms with Crippen LogP contribution in [0.1, 0.15) is 27.6 Å². The summed E-state index contributed by atoms with van der Waals surface area (Å²) in [5.74, 6) is -0.630. The maximum atomic E-state index is 11.9. The molecule has 0 amide bonds. The van der Waals surface area contributed by atoms with E-state index >= 15 is 0 Å². The Hall–Kier alpha value is -2.67. The van der Waals surface area contributed by atoms with Crippen LogP contribution < -0.4 is 5.73 Å². The second-order valence-corrected chi connectivity index (χ2v) is 5.20. The molecule has 7 heteroatoms. The topological polar surface area (TPSA) is 95.2 Å². The summed E-state index contributed by atoms with van der Waals surface area (Å²) in [6, 6.07) is 8.91. The van der Waals surface area contributed by atoms with Crippen LogP contribution in [0.2, 0.25) is 0 Å². The van der Waals surface area contributed by atoms with Crippen LogP contribution in [0.4, 0.5) is 5.82 Å². The number of rotatable bonds is 6. The standard InChI is InChI=1S/C16H15N3O3S/c1-2-22-15(21)12-10-18-16(19-14(12)17)23-9-8-13(20)11-6-4-3-5-7-11/h3-10H,2H2,1H3,(H2,17,18,19)/b9-8-. The Morgan fingerprint density at radius 3 is 2.70 bits per heavy atom. The normalized spacial score (nSPS) is 10.7. The molecule has 0 fully saturated rings. The van der Waals surface area contributed by atoms with Crippen molar-refractivity contribution < 1.29 is 14.3 Å². The highest BCUT2D eigenvalue weighted by atomic mass is 32.2. The molecule has 0 unspecified atom stereocenters. The van der Waals surface area contributed by atoms with Crippen molar-refractivity contribution in [3.05, 3.63) is 59.1 Å². The summed E-state index contributed by atoms with van der Waals surface area (Å²) in [6.45, 7) is 1.95. The summed E-state index contributed by atoms with van der Waals surface area (Å²) >= 11 is 1.14. The number of ether oxygens (including phenoxy) is 1. The molecule has 1 aromatic heterocycles. The molecular weight excluding hydrogens is 314 g/mol. The molecule has 2 aromatic rings. The van der Waals surface area contributed by atoms with E-state index in [1.54, 1.807) is 36.6 Å². The number of nitrogens with zero attached hydrogens (tertiary/aromatic N) is 2. The van der Waals surface area contributed by atoms with Gasteiger partial charge >= 0.3 is 5.97 Å². The molecule has 0 saturated carbocycles. The SMILES string of the molecule is CCOC(=O)c1cnc(S/C=C\C(=O)c2ccccc2)nc1N. The highest BCUT2D eigenvalue weighted by molar-refractivity contribution is 8.02. The number of ketones is 1. The minimum Gasteiger partial charge on any atom is -0.462 e. The van der Waals surface area contributed by atoms with Gasteiger partial charge in [0.25, 0.3) is 0 Å². The van der Waals surface area contributed by atoms with Gasteiger partial charge in [0.05, 0.1) is 6.61 Å². The van der Waals surface area contributed by atoms with E-state index in [0.717, 1.165) is 11.8 Å². The molecule has 0 aliphatic carbocycles. The van der Waals surface area contributed by atoms with Gasteiger partial charge < -0.3 is 10.5 Å². The Kier molecular flexibility index (Phi) is 5.87. The lowest BCUT2D eigenvalue weighted by Gasteiger charge is -2.04. The van der Waals surface area contributed by atoms with Crippen LogP contribution in [0, 0.1) is 0 Å². The number of esters is 1. The van der Waals surface area contributed by atoms with E-state index in [0.29, 0.717) is 10.7 Å². The molecule has 118 valence electrons. The van der Waals surface area contributed by atoms with Gasteiger partial charge in [-0.1, -0.05) is 42.1 Å². The van der Waals surface area contributed by atoms with Gasteiger partial charge in [-0.05, 0) is 18.4 Å². The number of allylic oxidation sites excluding steroid dienone is 1. The highest BCUT2D eigenvalue weighted by Crippen LogP contribution is 2.18. The van der Waals surface area contributed by atoms with Crippen LogP contribution in [0.15, 0.2) is 53.2 Å². The summed E-state index contributed by atoms with van der Waals surface area (Å²) in [6.07, 6.45) is 2.74. The first-order valence-electron chi connectivity index (χ1n) is 6.84. The van der Waals surface area contributed by atoms with Crippen molar-refractivity contribution in [3.8, 4) is 0 Å². The predicted molar refractivity (Wildman–Crippen MR) is 88.2 cm³/mol. The Morgan fingerprint density at radius 1 is 1.30 bits per heavy atom. The van der Waals surface area contributed by atoms with Gasteiger partial charge in [-0.25, -0.2) is 14.8 Å². The maximum absolute atomic E-state index is 11.9. The van der Waals surface area contributed by atoms with Gasteiger partial charge in [0.15, 0.2) is 10.9 Å². The smallest absolute Gasteiger partial charge is 0.343 e. The fourth-order valence-corrected chi connectivity index (χ4v) is 2.23. The van der Waals surface area contributed by atoms with E-state index in [9.17, 15) is 9.59 Å². The number of aromatic nitrogens is 2. The molecule has 1 aromatic carbocycles. The van der Waals surface area contributed by atoms with E-state index in [4.69, 9.17) is 10.5 Å². The number of thioether (sulfide) groups is 1. The second kappa shape index (κ2) is 8.09. The van der Waals surface area contributed by atoms with Gasteiger partial charge in [0.1, 0.15) is 11.4 Å². The van der Waals surface area contributed by atoms with Crippen molar-refractivity contribution in [1.29, 1.82) is 0 Å². The fraction of sp³-hybridized carbons (Fsp3) is 0.125. The zero-order chi connectivity index (χ0) is 16.7. The first kappa shape index (κ1) is 16.7. The van der Waals surface area contributed by atoms with Crippen LogP contribution in [-0.2, 0) is 4.74 Å². The summed E-state index contributed by atoms with van der Waals surface area (Å²) in [4.78, 5) is 31.5.